The highest BCUT2D eigenvalue weighted by molar-refractivity contribution is 5.83. The summed E-state index contributed by atoms with van der Waals surface area (Å²) < 4.78 is 4.90. The van der Waals surface area contributed by atoms with Gasteiger partial charge in [0.2, 0.25) is 0 Å². The van der Waals surface area contributed by atoms with Crippen LogP contribution in [-0.2, 0) is 0 Å². The van der Waals surface area contributed by atoms with Crippen molar-refractivity contribution in [3.63, 3.8) is 0 Å². The Bertz CT molecular complexity index is 513. The number of furan rings is 1. The Labute approximate surface area is 82.9 Å². The summed E-state index contributed by atoms with van der Waals surface area (Å²) in [4.78, 5) is 20.3. The Morgan fingerprint density at radius 3 is 2.93 bits per heavy atom. The molecule has 0 saturated heterocycles. The Balaban J connectivity index is 2.45. The smallest absolute Gasteiger partial charge is 0.399 e. The Kier molecular flexibility index (Phi) is 2.05. The number of aldehydes is 1. The van der Waals surface area contributed by atoms with Crippen LogP contribution in [0.3, 0.4) is 0 Å². The molecule has 0 aliphatic carbocycles. The van der Waals surface area contributed by atoms with Crippen LogP contribution < -0.4 is 0 Å². The van der Waals surface area contributed by atoms with Crippen molar-refractivity contribution in [1.29, 1.82) is 0 Å². The van der Waals surface area contributed by atoms with Gasteiger partial charge in [-0.1, -0.05) is 0 Å². The van der Waals surface area contributed by atoms with Crippen LogP contribution >= 0.6 is 0 Å². The minimum atomic E-state index is -0.652. The summed E-state index contributed by atoms with van der Waals surface area (Å²) in [6.07, 6.45) is 1.91. The number of rotatable bonds is 3. The quantitative estimate of drug-likeness (QED) is 0.465. The fraction of sp³-hybridized carbons (Fsp3) is 0. The molecule has 0 spiro atoms. The van der Waals surface area contributed by atoms with Gasteiger partial charge in [-0.05, 0) is 6.07 Å². The minimum Gasteiger partial charge on any atom is -0.399 e. The number of hydrogen-bond donors (Lipinski definition) is 1. The predicted octanol–water partition coefficient (Wildman–Crippen LogP) is 1.39. The van der Waals surface area contributed by atoms with Crippen LogP contribution in [0.2, 0.25) is 0 Å². The summed E-state index contributed by atoms with van der Waals surface area (Å²) in [5.74, 6) is -0.169. The monoisotopic (exact) mass is 207 g/mol. The molecule has 15 heavy (non-hydrogen) atoms. The van der Waals surface area contributed by atoms with E-state index in [1.165, 1.54) is 18.3 Å². The van der Waals surface area contributed by atoms with E-state index in [1.54, 1.807) is 0 Å². The molecule has 0 aliphatic heterocycles. The summed E-state index contributed by atoms with van der Waals surface area (Å²) in [7, 11) is 0. The van der Waals surface area contributed by atoms with Crippen molar-refractivity contribution in [3.05, 3.63) is 34.0 Å². The molecule has 0 atom stereocenters. The Morgan fingerprint density at radius 1 is 1.53 bits per heavy atom. The van der Waals surface area contributed by atoms with Gasteiger partial charge < -0.3 is 4.42 Å². The van der Waals surface area contributed by atoms with Gasteiger partial charge in [0.25, 0.3) is 0 Å². The molecule has 0 radical (unpaired) electrons. The van der Waals surface area contributed by atoms with Gasteiger partial charge in [-0.2, -0.15) is 5.10 Å². The van der Waals surface area contributed by atoms with E-state index in [9.17, 15) is 14.9 Å². The maximum Gasteiger partial charge on any atom is 0.433 e. The minimum absolute atomic E-state index is 0.210. The second kappa shape index (κ2) is 3.37. The van der Waals surface area contributed by atoms with Crippen molar-refractivity contribution >= 4 is 12.2 Å². The first-order chi connectivity index (χ1) is 7.22. The lowest BCUT2D eigenvalue weighted by Gasteiger charge is -1.90. The van der Waals surface area contributed by atoms with Crippen LogP contribution in [-0.4, -0.2) is 21.4 Å². The molecular weight excluding hydrogens is 202 g/mol. The lowest BCUT2D eigenvalue weighted by molar-refractivity contribution is -0.401. The molecule has 0 aromatic carbocycles. The normalized spacial score (nSPS) is 10.1. The third-order valence-electron chi connectivity index (χ3n) is 1.81. The van der Waals surface area contributed by atoms with Crippen molar-refractivity contribution in [2.75, 3.05) is 0 Å². The number of nitrogens with one attached hydrogen (secondary N) is 1. The first-order valence-electron chi connectivity index (χ1n) is 3.95. The number of hydrogen-bond acceptors (Lipinski definition) is 5. The first-order valence-corrected chi connectivity index (χ1v) is 3.95. The molecular formula is C8H5N3O4. The first kappa shape index (κ1) is 9.13. The molecule has 2 rings (SSSR count). The number of H-pyrrole nitrogens is 1. The molecule has 0 unspecified atom stereocenters. The van der Waals surface area contributed by atoms with E-state index >= 15 is 0 Å². The lowest BCUT2D eigenvalue weighted by Crippen LogP contribution is -1.84. The summed E-state index contributed by atoms with van der Waals surface area (Å²) in [6.45, 7) is 0. The maximum absolute atomic E-state index is 10.6. The van der Waals surface area contributed by atoms with Crippen LogP contribution in [0.15, 0.2) is 22.7 Å². The molecule has 0 aliphatic rings. The molecule has 1 N–H and O–H groups in total. The molecule has 76 valence electrons. The topological polar surface area (TPSA) is 102 Å². The van der Waals surface area contributed by atoms with E-state index in [2.05, 4.69) is 10.2 Å². The standard InChI is InChI=1S/C8H5N3O4/c12-4-5-3-9-10-8(5)6-1-2-7(15-6)11(13)14/h1-4H,(H,9,10). The maximum atomic E-state index is 10.6. The van der Waals surface area contributed by atoms with Crippen LogP contribution in [0.5, 0.6) is 0 Å². The van der Waals surface area contributed by atoms with Gasteiger partial charge in [0.05, 0.1) is 17.8 Å². The zero-order valence-corrected chi connectivity index (χ0v) is 7.34. The van der Waals surface area contributed by atoms with E-state index in [1.807, 2.05) is 0 Å². The second-order valence-electron chi connectivity index (χ2n) is 2.71. The average Bonchev–Trinajstić information content (AvgIpc) is 2.85. The van der Waals surface area contributed by atoms with Crippen molar-refractivity contribution in [1.82, 2.24) is 10.2 Å². The highest BCUT2D eigenvalue weighted by Crippen LogP contribution is 2.25. The molecule has 2 aromatic rings. The van der Waals surface area contributed by atoms with Gasteiger partial charge in [0.1, 0.15) is 10.6 Å². The third kappa shape index (κ3) is 1.50. The van der Waals surface area contributed by atoms with E-state index in [-0.39, 0.29) is 11.6 Å². The molecule has 0 saturated carbocycles. The van der Waals surface area contributed by atoms with Crippen LogP contribution in [0.1, 0.15) is 10.4 Å². The van der Waals surface area contributed by atoms with E-state index < -0.39 is 4.92 Å². The van der Waals surface area contributed by atoms with Gasteiger partial charge in [0, 0.05) is 0 Å². The summed E-state index contributed by atoms with van der Waals surface area (Å²) in [5.41, 5.74) is 0.623. The Hall–Kier alpha value is -2.44. The van der Waals surface area contributed by atoms with Gasteiger partial charge in [-0.25, -0.2) is 0 Å². The largest absolute Gasteiger partial charge is 0.433 e. The van der Waals surface area contributed by atoms with Crippen molar-refractivity contribution in [3.8, 4) is 11.5 Å². The van der Waals surface area contributed by atoms with E-state index in [4.69, 9.17) is 4.42 Å². The number of aromatic nitrogens is 2. The Morgan fingerprint density at radius 2 is 2.33 bits per heavy atom. The van der Waals surface area contributed by atoms with E-state index in [0.717, 1.165) is 0 Å². The van der Waals surface area contributed by atoms with Gasteiger partial charge in [-0.3, -0.25) is 20.0 Å². The fourth-order valence-electron chi connectivity index (χ4n) is 1.14. The number of aromatic amines is 1. The zero-order chi connectivity index (χ0) is 10.8. The molecule has 0 fully saturated rings. The van der Waals surface area contributed by atoms with Gasteiger partial charge in [0.15, 0.2) is 12.0 Å². The summed E-state index contributed by atoms with van der Waals surface area (Å²) in [5, 5.41) is 16.5. The van der Waals surface area contributed by atoms with Crippen LogP contribution in [0.4, 0.5) is 5.88 Å². The fourth-order valence-corrected chi connectivity index (χ4v) is 1.14. The zero-order valence-electron chi connectivity index (χ0n) is 7.34. The summed E-state index contributed by atoms with van der Waals surface area (Å²) in [6, 6.07) is 2.61. The molecule has 7 nitrogen and oxygen atoms in total. The van der Waals surface area contributed by atoms with Crippen molar-refractivity contribution in [2.45, 2.75) is 0 Å². The molecule has 7 heteroatoms. The molecule has 2 aromatic heterocycles. The van der Waals surface area contributed by atoms with Crippen molar-refractivity contribution in [2.24, 2.45) is 0 Å². The molecule has 2 heterocycles. The highest BCUT2D eigenvalue weighted by Gasteiger charge is 2.16. The van der Waals surface area contributed by atoms with Gasteiger partial charge >= 0.3 is 5.88 Å². The number of carbonyl (C=O) groups is 1. The predicted molar refractivity (Wildman–Crippen MR) is 48.3 cm³/mol. The lowest BCUT2D eigenvalue weighted by atomic mass is 10.2. The molecule has 0 amide bonds. The summed E-state index contributed by atoms with van der Waals surface area (Å²) >= 11 is 0. The number of nitrogens with zero attached hydrogens (tertiary/aromatic N) is 2. The average molecular weight is 207 g/mol. The van der Waals surface area contributed by atoms with Crippen LogP contribution in [0, 0.1) is 10.1 Å². The number of nitro groups is 1. The third-order valence-corrected chi connectivity index (χ3v) is 1.81. The number of carbonyl (C=O) groups excluding carboxylic acids is 1. The molecule has 0 bridgehead atoms. The van der Waals surface area contributed by atoms with Crippen LogP contribution in [0.25, 0.3) is 11.5 Å². The van der Waals surface area contributed by atoms with Gasteiger partial charge in [-0.15, -0.1) is 0 Å². The van der Waals surface area contributed by atoms with Crippen molar-refractivity contribution < 1.29 is 14.1 Å². The SMILES string of the molecule is O=Cc1cn[nH]c1-c1ccc([N+](=O)[O-])o1. The highest BCUT2D eigenvalue weighted by atomic mass is 16.6. The van der Waals surface area contributed by atoms with E-state index in [0.29, 0.717) is 17.5 Å². The second-order valence-corrected chi connectivity index (χ2v) is 2.71.